The number of ether oxygens (including phenoxy) is 3. The first-order chi connectivity index (χ1) is 22.2. The molecule has 2 N–H and O–H groups in total. The molecule has 4 aromatic rings. The van der Waals surface area contributed by atoms with Gasteiger partial charge in [-0.05, 0) is 44.5 Å². The summed E-state index contributed by atoms with van der Waals surface area (Å²) < 4.78 is 50.6. The van der Waals surface area contributed by atoms with Crippen LogP contribution in [0.25, 0.3) is 32.1 Å². The monoisotopic (exact) mass is 667 g/mol. The zero-order valence-corrected chi connectivity index (χ0v) is 26.3. The number of hydrogen-bond acceptors (Lipinski definition) is 11. The number of benzene rings is 2. The van der Waals surface area contributed by atoms with E-state index in [1.54, 1.807) is 4.90 Å². The van der Waals surface area contributed by atoms with Crippen molar-refractivity contribution in [3.8, 4) is 29.0 Å². The molecule has 0 radical (unpaired) electrons. The van der Waals surface area contributed by atoms with Gasteiger partial charge in [0.25, 0.3) is 0 Å². The van der Waals surface area contributed by atoms with E-state index < -0.39 is 23.8 Å². The first-order valence-electron chi connectivity index (χ1n) is 15.1. The van der Waals surface area contributed by atoms with Gasteiger partial charge in [0.15, 0.2) is 17.7 Å². The number of anilines is 2. The SMILES string of the molecule is CN1CCCC1C1COC(=O)N2CCC(C2)N2CCOc3c(Cl)c(-c4ccc(F)c5sc(N)c(C#N)c45)c(F)c4nc(nc2c34)O1. The van der Waals surface area contributed by atoms with Gasteiger partial charge < -0.3 is 29.7 Å². The fourth-order valence-electron chi connectivity index (χ4n) is 7.26. The van der Waals surface area contributed by atoms with E-state index in [2.05, 4.69) is 9.88 Å². The summed E-state index contributed by atoms with van der Waals surface area (Å²) in [6, 6.07) is 4.30. The lowest BCUT2D eigenvalue weighted by atomic mass is 9.96. The Morgan fingerprint density at radius 2 is 2.00 bits per heavy atom. The Labute approximate surface area is 271 Å². The number of fused-ring (bicyclic) bond motifs is 5. The van der Waals surface area contributed by atoms with Gasteiger partial charge in [-0.15, -0.1) is 11.3 Å². The van der Waals surface area contributed by atoms with E-state index in [0.29, 0.717) is 31.9 Å². The standard InChI is InChI=1S/C31H28ClF2N7O4S/c1-39-7-2-3-18(39)19-13-44-31(42)40-8-6-14(12-40)41-9-10-43-26-22-25(37-30(45-19)38-29(22)41)24(34)21(23(26)32)15-4-5-17(33)27-20(15)16(11-35)28(36)46-27/h4-5,14,18-19H,2-3,6-10,12-13,36H2,1H3. The van der Waals surface area contributed by atoms with Crippen molar-refractivity contribution in [1.29, 1.82) is 5.26 Å². The van der Waals surface area contributed by atoms with E-state index in [4.69, 9.17) is 36.5 Å². The van der Waals surface area contributed by atoms with Gasteiger partial charge in [0, 0.05) is 36.1 Å². The molecule has 46 heavy (non-hydrogen) atoms. The molecule has 8 rings (SSSR count). The van der Waals surface area contributed by atoms with Crippen molar-refractivity contribution in [3.63, 3.8) is 0 Å². The van der Waals surface area contributed by atoms with Crippen molar-refractivity contribution in [1.82, 2.24) is 19.8 Å². The molecule has 2 aromatic heterocycles. The Morgan fingerprint density at radius 3 is 2.78 bits per heavy atom. The highest BCUT2D eigenvalue weighted by atomic mass is 35.5. The smallest absolute Gasteiger partial charge is 0.409 e. The van der Waals surface area contributed by atoms with E-state index in [1.165, 1.54) is 12.1 Å². The van der Waals surface area contributed by atoms with Crippen molar-refractivity contribution in [3.05, 3.63) is 34.4 Å². The topological polar surface area (TPSA) is 130 Å². The number of carbonyl (C=O) groups is 1. The number of likely N-dealkylation sites (tertiary alicyclic amines) is 1. The number of nitriles is 1. The number of carbonyl (C=O) groups excluding carboxylic acids is 1. The molecular formula is C31H28ClF2N7O4S. The molecule has 11 nitrogen and oxygen atoms in total. The minimum absolute atomic E-state index is 0.0256. The molecule has 0 aliphatic carbocycles. The second-order valence-electron chi connectivity index (χ2n) is 12.0. The third-order valence-corrected chi connectivity index (χ3v) is 10.9. The molecule has 6 heterocycles. The normalized spacial score (nSPS) is 23.1. The second kappa shape index (κ2) is 11.0. The first kappa shape index (κ1) is 29.2. The maximum Gasteiger partial charge on any atom is 0.409 e. The van der Waals surface area contributed by atoms with Crippen LogP contribution in [0.1, 0.15) is 24.8 Å². The molecule has 2 aromatic carbocycles. The lowest BCUT2D eigenvalue weighted by molar-refractivity contribution is 0.0237. The van der Waals surface area contributed by atoms with E-state index in [9.17, 15) is 14.4 Å². The molecule has 3 atom stereocenters. The Bertz CT molecular complexity index is 1990. The number of hydrogen-bond donors (Lipinski definition) is 1. The highest BCUT2D eigenvalue weighted by Crippen LogP contribution is 2.51. The lowest BCUT2D eigenvalue weighted by Crippen LogP contribution is -2.46. The van der Waals surface area contributed by atoms with Gasteiger partial charge in [-0.3, -0.25) is 4.90 Å². The highest BCUT2D eigenvalue weighted by Gasteiger charge is 2.40. The fourth-order valence-corrected chi connectivity index (χ4v) is 8.54. The quantitative estimate of drug-likeness (QED) is 0.306. The summed E-state index contributed by atoms with van der Waals surface area (Å²) in [5.74, 6) is -0.828. The minimum Gasteiger partial charge on any atom is -0.489 e. The van der Waals surface area contributed by atoms with Crippen LogP contribution in [0.2, 0.25) is 5.02 Å². The number of halogens is 3. The van der Waals surface area contributed by atoms with Gasteiger partial charge in [-0.2, -0.15) is 15.2 Å². The summed E-state index contributed by atoms with van der Waals surface area (Å²) in [5.41, 5.74) is 6.12. The molecule has 4 aliphatic rings. The predicted octanol–water partition coefficient (Wildman–Crippen LogP) is 5.16. The zero-order valence-electron chi connectivity index (χ0n) is 24.7. The lowest BCUT2D eigenvalue weighted by Gasteiger charge is -2.32. The summed E-state index contributed by atoms with van der Waals surface area (Å²) in [6.45, 7) is 2.26. The van der Waals surface area contributed by atoms with Crippen molar-refractivity contribution in [2.24, 2.45) is 0 Å². The van der Waals surface area contributed by atoms with Crippen LogP contribution in [-0.4, -0.2) is 90.5 Å². The van der Waals surface area contributed by atoms with E-state index in [1.807, 2.05) is 18.0 Å². The first-order valence-corrected chi connectivity index (χ1v) is 16.3. The third-order valence-electron chi connectivity index (χ3n) is 9.49. The number of aromatic nitrogens is 2. The molecule has 0 spiro atoms. The van der Waals surface area contributed by atoms with Crippen LogP contribution in [-0.2, 0) is 4.74 Å². The molecule has 4 bridgehead atoms. The van der Waals surface area contributed by atoms with Crippen LogP contribution >= 0.6 is 22.9 Å². The van der Waals surface area contributed by atoms with Crippen LogP contribution < -0.4 is 20.1 Å². The molecule has 3 unspecified atom stereocenters. The number of likely N-dealkylation sites (N-methyl/N-ethyl adjacent to an activating group) is 1. The summed E-state index contributed by atoms with van der Waals surface area (Å²) in [5, 5.41) is 10.4. The van der Waals surface area contributed by atoms with Gasteiger partial charge in [-0.1, -0.05) is 17.7 Å². The third kappa shape index (κ3) is 4.39. The van der Waals surface area contributed by atoms with Crippen molar-refractivity contribution in [2.75, 3.05) is 57.1 Å². The Kier molecular flexibility index (Phi) is 6.97. The summed E-state index contributed by atoms with van der Waals surface area (Å²) in [6.07, 6.45) is 1.37. The van der Waals surface area contributed by atoms with E-state index >= 15 is 4.39 Å². The minimum atomic E-state index is -0.801. The maximum atomic E-state index is 17.1. The number of thiophene rings is 1. The number of rotatable bonds is 2. The molecule has 0 saturated carbocycles. The number of nitrogen functional groups attached to an aromatic ring is 1. The Hall–Kier alpha value is -4.19. The van der Waals surface area contributed by atoms with Crippen molar-refractivity contribution >= 4 is 60.8 Å². The van der Waals surface area contributed by atoms with Crippen molar-refractivity contribution in [2.45, 2.75) is 37.5 Å². The van der Waals surface area contributed by atoms with Crippen LogP contribution in [0.15, 0.2) is 12.1 Å². The maximum absolute atomic E-state index is 17.1. The number of nitrogens with zero attached hydrogens (tertiary/aromatic N) is 6. The second-order valence-corrected chi connectivity index (χ2v) is 13.4. The summed E-state index contributed by atoms with van der Waals surface area (Å²) in [4.78, 5) is 28.3. The largest absolute Gasteiger partial charge is 0.489 e. The molecule has 2 saturated heterocycles. The fraction of sp³-hybridized carbons (Fsp3) is 0.419. The van der Waals surface area contributed by atoms with Gasteiger partial charge in [-0.25, -0.2) is 13.6 Å². The van der Waals surface area contributed by atoms with Gasteiger partial charge in [0.2, 0.25) is 0 Å². The summed E-state index contributed by atoms with van der Waals surface area (Å²) >= 11 is 7.92. The van der Waals surface area contributed by atoms with Gasteiger partial charge in [0.1, 0.15) is 41.4 Å². The summed E-state index contributed by atoms with van der Waals surface area (Å²) in [7, 11) is 1.98. The molecule has 2 fully saturated rings. The van der Waals surface area contributed by atoms with E-state index in [0.717, 1.165) is 30.7 Å². The van der Waals surface area contributed by atoms with Crippen LogP contribution in [0.3, 0.4) is 0 Å². The predicted molar refractivity (Wildman–Crippen MR) is 169 cm³/mol. The molecule has 4 aliphatic heterocycles. The Morgan fingerprint density at radius 1 is 1.15 bits per heavy atom. The average molecular weight is 668 g/mol. The average Bonchev–Trinajstić information content (AvgIpc) is 3.75. The highest BCUT2D eigenvalue weighted by molar-refractivity contribution is 7.23. The number of nitrogens with two attached hydrogens (primary N) is 1. The Balaban J connectivity index is 1.39. The van der Waals surface area contributed by atoms with E-state index in [-0.39, 0.29) is 84.8 Å². The molecule has 1 amide bonds. The van der Waals surface area contributed by atoms with Crippen LogP contribution in [0.5, 0.6) is 11.8 Å². The number of cyclic esters (lactones) is 1. The molecule has 15 heteroatoms. The van der Waals surface area contributed by atoms with Gasteiger partial charge >= 0.3 is 12.1 Å². The zero-order chi connectivity index (χ0) is 31.9. The van der Waals surface area contributed by atoms with Gasteiger partial charge in [0.05, 0.1) is 27.2 Å². The molecule has 238 valence electrons. The molecular weight excluding hydrogens is 640 g/mol. The van der Waals surface area contributed by atoms with Crippen LogP contribution in [0, 0.1) is 23.0 Å². The van der Waals surface area contributed by atoms with Crippen molar-refractivity contribution < 1.29 is 27.8 Å². The van der Waals surface area contributed by atoms with Crippen LogP contribution in [0.4, 0.5) is 24.4 Å². The number of amides is 1.